The number of rotatable bonds is 6. The third-order valence-electron chi connectivity index (χ3n) is 6.70. The predicted molar refractivity (Wildman–Crippen MR) is 126 cm³/mol. The number of nitrogens with zero attached hydrogens (tertiary/aromatic N) is 5. The van der Waals surface area contributed by atoms with Crippen molar-refractivity contribution < 1.29 is 4.43 Å². The van der Waals surface area contributed by atoms with Crippen LogP contribution >= 0.6 is 11.6 Å². The molecule has 2 N–H and O–H groups in total. The molecule has 7 nitrogen and oxygen atoms in total. The number of halogens is 1. The van der Waals surface area contributed by atoms with Crippen molar-refractivity contribution in [3.8, 4) is 0 Å². The zero-order valence-electron chi connectivity index (χ0n) is 19.5. The Morgan fingerprint density at radius 3 is 2.50 bits per heavy atom. The average molecular weight is 451 g/mol. The van der Waals surface area contributed by atoms with Gasteiger partial charge in [0.15, 0.2) is 8.32 Å². The van der Waals surface area contributed by atoms with Crippen molar-refractivity contribution in [3.05, 3.63) is 27.7 Å². The maximum Gasteiger partial charge on any atom is 0.223 e. The minimum atomic E-state index is -1.88. The highest BCUT2D eigenvalue weighted by Crippen LogP contribution is 2.42. The number of hydrogen-bond acceptors (Lipinski definition) is 6. The number of hydrogen-bond donors (Lipinski definition) is 1. The average Bonchev–Trinajstić information content (AvgIpc) is 3.09. The molecule has 30 heavy (non-hydrogen) atoms. The van der Waals surface area contributed by atoms with Crippen LogP contribution in [0, 0.1) is 6.92 Å². The van der Waals surface area contributed by atoms with E-state index in [1.807, 2.05) is 11.7 Å². The van der Waals surface area contributed by atoms with E-state index in [-0.39, 0.29) is 16.9 Å². The highest BCUT2D eigenvalue weighted by molar-refractivity contribution is 6.74. The van der Waals surface area contributed by atoms with Gasteiger partial charge in [-0.1, -0.05) is 39.3 Å². The van der Waals surface area contributed by atoms with Gasteiger partial charge in [-0.3, -0.25) is 4.68 Å². The van der Waals surface area contributed by atoms with Crippen LogP contribution < -0.4 is 10.6 Å². The fourth-order valence-corrected chi connectivity index (χ4v) is 5.21. The second kappa shape index (κ2) is 8.13. The van der Waals surface area contributed by atoms with Crippen LogP contribution in [0.25, 0.3) is 0 Å². The quantitative estimate of drug-likeness (QED) is 0.517. The van der Waals surface area contributed by atoms with E-state index in [0.29, 0.717) is 18.3 Å². The monoisotopic (exact) mass is 450 g/mol. The maximum absolute atomic E-state index is 6.54. The van der Waals surface area contributed by atoms with E-state index in [1.165, 1.54) is 11.3 Å². The molecule has 0 aliphatic carbocycles. The van der Waals surface area contributed by atoms with Crippen molar-refractivity contribution in [1.82, 2.24) is 19.7 Å². The second-order valence-corrected chi connectivity index (χ2v) is 14.9. The molecule has 2 aromatic rings. The lowest BCUT2D eigenvalue weighted by atomic mass is 10.1. The largest absolute Gasteiger partial charge is 0.416 e. The molecule has 1 aliphatic rings. The van der Waals surface area contributed by atoms with Crippen molar-refractivity contribution >= 4 is 31.7 Å². The standard InChI is InChI=1S/C21H35ClN6OSi/c1-9-16-13(2)15(26-27(16)6)11-28-10-14(12-29-30(7,8)21(3,4)5)17-18(22)24-20(23)25-19(17)28/h14H,9-12H2,1-8H3,(H2,23,24,25). The van der Waals surface area contributed by atoms with Gasteiger partial charge in [-0.25, -0.2) is 4.98 Å². The smallest absolute Gasteiger partial charge is 0.223 e. The first-order valence-corrected chi connectivity index (χ1v) is 13.9. The number of nitrogens with two attached hydrogens (primary N) is 1. The van der Waals surface area contributed by atoms with Crippen LogP contribution in [-0.4, -0.2) is 41.2 Å². The summed E-state index contributed by atoms with van der Waals surface area (Å²) in [4.78, 5) is 11.0. The van der Waals surface area contributed by atoms with E-state index in [9.17, 15) is 0 Å². The first-order chi connectivity index (χ1) is 13.9. The summed E-state index contributed by atoms with van der Waals surface area (Å²) in [6.07, 6.45) is 0.954. The molecule has 0 amide bonds. The van der Waals surface area contributed by atoms with Crippen LogP contribution in [-0.2, 0) is 24.4 Å². The van der Waals surface area contributed by atoms with Crippen LogP contribution in [0.3, 0.4) is 0 Å². The fraction of sp³-hybridized carbons (Fsp3) is 0.667. The summed E-state index contributed by atoms with van der Waals surface area (Å²) in [6, 6.07) is 0. The van der Waals surface area contributed by atoms with Crippen molar-refractivity contribution in [2.75, 3.05) is 23.8 Å². The third-order valence-corrected chi connectivity index (χ3v) is 11.5. The van der Waals surface area contributed by atoms with Crippen molar-refractivity contribution in [1.29, 1.82) is 0 Å². The molecule has 0 aromatic carbocycles. The molecule has 2 aromatic heterocycles. The molecule has 1 atom stereocenters. The van der Waals surface area contributed by atoms with Gasteiger partial charge in [0.1, 0.15) is 11.0 Å². The Morgan fingerprint density at radius 2 is 1.93 bits per heavy atom. The molecule has 0 spiro atoms. The zero-order chi connectivity index (χ0) is 22.4. The van der Waals surface area contributed by atoms with Gasteiger partial charge in [0.25, 0.3) is 0 Å². The van der Waals surface area contributed by atoms with Crippen molar-refractivity contribution in [2.45, 2.75) is 71.6 Å². The van der Waals surface area contributed by atoms with Crippen LogP contribution in [0.4, 0.5) is 11.8 Å². The first-order valence-electron chi connectivity index (χ1n) is 10.6. The summed E-state index contributed by atoms with van der Waals surface area (Å²) in [7, 11) is 0.121. The number of anilines is 2. The zero-order valence-corrected chi connectivity index (χ0v) is 21.3. The molecule has 166 valence electrons. The molecule has 0 saturated heterocycles. The minimum Gasteiger partial charge on any atom is -0.416 e. The number of aryl methyl sites for hydroxylation is 1. The topological polar surface area (TPSA) is 82.1 Å². The Bertz CT molecular complexity index is 937. The Balaban J connectivity index is 1.89. The molecule has 3 heterocycles. The highest BCUT2D eigenvalue weighted by Gasteiger charge is 2.40. The first kappa shape index (κ1) is 23.0. The van der Waals surface area contributed by atoms with Gasteiger partial charge in [-0.05, 0) is 37.0 Å². The van der Waals surface area contributed by atoms with Gasteiger partial charge >= 0.3 is 0 Å². The van der Waals surface area contributed by atoms with Gasteiger partial charge in [-0.2, -0.15) is 10.1 Å². The number of fused-ring (bicyclic) bond motifs is 1. The maximum atomic E-state index is 6.54. The Kier molecular flexibility index (Phi) is 6.24. The number of nitrogen functional groups attached to an aromatic ring is 1. The number of aromatic nitrogens is 4. The van der Waals surface area contributed by atoms with Crippen molar-refractivity contribution in [2.24, 2.45) is 7.05 Å². The highest BCUT2D eigenvalue weighted by atomic mass is 35.5. The lowest BCUT2D eigenvalue weighted by Crippen LogP contribution is -2.42. The molecule has 0 saturated carbocycles. The molecule has 1 aliphatic heterocycles. The van der Waals surface area contributed by atoms with E-state index in [0.717, 1.165) is 30.0 Å². The Labute approximate surface area is 186 Å². The second-order valence-electron chi connectivity index (χ2n) is 9.75. The minimum absolute atomic E-state index is 0.108. The molecule has 0 fully saturated rings. The van der Waals surface area contributed by atoms with E-state index >= 15 is 0 Å². The van der Waals surface area contributed by atoms with E-state index in [2.05, 4.69) is 62.6 Å². The normalized spacial score (nSPS) is 17.0. The van der Waals surface area contributed by atoms with Crippen LogP contribution in [0.2, 0.25) is 23.3 Å². The molecule has 0 radical (unpaired) electrons. The van der Waals surface area contributed by atoms with Gasteiger partial charge in [-0.15, -0.1) is 0 Å². The molecule has 1 unspecified atom stereocenters. The summed E-state index contributed by atoms with van der Waals surface area (Å²) in [5.41, 5.74) is 10.4. The van der Waals surface area contributed by atoms with E-state index in [1.54, 1.807) is 0 Å². The molecular weight excluding hydrogens is 416 g/mol. The summed E-state index contributed by atoms with van der Waals surface area (Å²) in [5.74, 6) is 1.11. The van der Waals surface area contributed by atoms with Crippen molar-refractivity contribution in [3.63, 3.8) is 0 Å². The molecule has 0 bridgehead atoms. The predicted octanol–water partition coefficient (Wildman–Crippen LogP) is 4.44. The van der Waals surface area contributed by atoms with E-state index < -0.39 is 8.32 Å². The third kappa shape index (κ3) is 4.22. The van der Waals surface area contributed by atoms with E-state index in [4.69, 9.17) is 26.9 Å². The molecule has 3 rings (SSSR count). The van der Waals surface area contributed by atoms with Gasteiger partial charge in [0.05, 0.1) is 12.2 Å². The summed E-state index contributed by atoms with van der Waals surface area (Å²) in [6.45, 7) is 17.6. The molecular formula is C21H35ClN6OSi. The van der Waals surface area contributed by atoms with Gasteiger partial charge in [0.2, 0.25) is 5.95 Å². The van der Waals surface area contributed by atoms with Gasteiger partial charge in [0, 0.05) is 37.4 Å². The summed E-state index contributed by atoms with van der Waals surface area (Å²) < 4.78 is 8.50. The van der Waals surface area contributed by atoms with Gasteiger partial charge < -0.3 is 15.1 Å². The van der Waals surface area contributed by atoms with Crippen LogP contribution in [0.15, 0.2) is 0 Å². The summed E-state index contributed by atoms with van der Waals surface area (Å²) in [5, 5.41) is 5.32. The summed E-state index contributed by atoms with van der Waals surface area (Å²) >= 11 is 6.54. The van der Waals surface area contributed by atoms with Crippen LogP contribution in [0.5, 0.6) is 0 Å². The lowest BCUT2D eigenvalue weighted by molar-refractivity contribution is 0.267. The lowest BCUT2D eigenvalue weighted by Gasteiger charge is -2.37. The SMILES string of the molecule is CCc1c(C)c(CN2CC(CO[Si](C)(C)C(C)(C)C)c3c(Cl)nc(N)nc32)nn1C. The molecule has 9 heteroatoms. The van der Waals surface area contributed by atoms with Crippen LogP contribution in [0.1, 0.15) is 56.1 Å². The Hall–Kier alpha value is -1.64. The fourth-order valence-electron chi connectivity index (χ4n) is 3.83. The Morgan fingerprint density at radius 1 is 1.27 bits per heavy atom.